The molecule has 15 heavy (non-hydrogen) atoms. The Hall–Kier alpha value is -1.28. The summed E-state index contributed by atoms with van der Waals surface area (Å²) in [5.74, 6) is 0. The third-order valence-corrected chi connectivity index (χ3v) is 2.86. The van der Waals surface area contributed by atoms with Crippen LogP contribution in [0, 0.1) is 0 Å². The molecule has 0 aliphatic carbocycles. The van der Waals surface area contributed by atoms with Crippen molar-refractivity contribution < 1.29 is 4.79 Å². The van der Waals surface area contributed by atoms with Gasteiger partial charge in [0.1, 0.15) is 6.29 Å². The predicted molar refractivity (Wildman–Crippen MR) is 62.3 cm³/mol. The molecule has 78 valence electrons. The zero-order chi connectivity index (χ0) is 10.8. The van der Waals surface area contributed by atoms with Gasteiger partial charge in [-0.1, -0.05) is 17.7 Å². The lowest BCUT2D eigenvalue weighted by atomic mass is 10.1. The van der Waals surface area contributed by atoms with Crippen LogP contribution in [0.4, 0.5) is 0 Å². The lowest BCUT2D eigenvalue weighted by molar-refractivity contribution is -0.107. The molecule has 3 heteroatoms. The Labute approximate surface area is 93.5 Å². The van der Waals surface area contributed by atoms with Gasteiger partial charge >= 0.3 is 0 Å². The third-order valence-electron chi connectivity index (χ3n) is 2.56. The van der Waals surface area contributed by atoms with Gasteiger partial charge in [-0.05, 0) is 24.1 Å². The lowest BCUT2D eigenvalue weighted by Crippen LogP contribution is -1.87. The average Bonchev–Trinajstić information content (AvgIpc) is 2.52. The number of halogens is 1. The number of nitrogens with zero attached hydrogens (tertiary/aromatic N) is 1. The second-order valence-electron chi connectivity index (χ2n) is 3.64. The van der Waals surface area contributed by atoms with Gasteiger partial charge in [0.2, 0.25) is 0 Å². The Morgan fingerprint density at radius 1 is 1.47 bits per heavy atom. The van der Waals surface area contributed by atoms with Crippen molar-refractivity contribution in [3.63, 3.8) is 0 Å². The largest absolute Gasteiger partial charge is 0.349 e. The number of carbonyl (C=O) groups is 1. The topological polar surface area (TPSA) is 22.0 Å². The Morgan fingerprint density at radius 3 is 3.00 bits per heavy atom. The summed E-state index contributed by atoms with van der Waals surface area (Å²) < 4.78 is 2.00. The molecule has 0 fully saturated rings. The molecule has 0 saturated carbocycles. The summed E-state index contributed by atoms with van der Waals surface area (Å²) in [6, 6.07) is 6.14. The first-order valence-electron chi connectivity index (χ1n) is 4.89. The van der Waals surface area contributed by atoms with Crippen molar-refractivity contribution in [2.24, 2.45) is 7.05 Å². The molecular weight excluding hydrogens is 210 g/mol. The summed E-state index contributed by atoms with van der Waals surface area (Å²) >= 11 is 6.09. The maximum absolute atomic E-state index is 10.3. The molecule has 1 aromatic carbocycles. The van der Waals surface area contributed by atoms with Crippen molar-refractivity contribution in [1.29, 1.82) is 0 Å². The van der Waals surface area contributed by atoms with Crippen molar-refractivity contribution in [2.75, 3.05) is 0 Å². The molecule has 1 heterocycles. The van der Waals surface area contributed by atoms with Gasteiger partial charge in [-0.15, -0.1) is 0 Å². The molecule has 0 unspecified atom stereocenters. The summed E-state index contributed by atoms with van der Waals surface area (Å²) in [6.07, 6.45) is 4.19. The molecule has 0 atom stereocenters. The number of carbonyl (C=O) groups excluding carboxylic acids is 1. The Bertz CT molecular complexity index is 502. The van der Waals surface area contributed by atoms with Gasteiger partial charge in [0.05, 0.1) is 5.02 Å². The van der Waals surface area contributed by atoms with Crippen molar-refractivity contribution in [2.45, 2.75) is 12.8 Å². The molecule has 0 radical (unpaired) electrons. The molecule has 0 aliphatic rings. The van der Waals surface area contributed by atoms with E-state index in [4.69, 9.17) is 11.6 Å². The molecule has 2 rings (SSSR count). The summed E-state index contributed by atoms with van der Waals surface area (Å²) in [7, 11) is 1.97. The molecule has 0 N–H and O–H groups in total. The molecule has 2 nitrogen and oxygen atoms in total. The van der Waals surface area contributed by atoms with E-state index in [2.05, 4.69) is 6.07 Å². The number of aromatic nitrogens is 1. The van der Waals surface area contributed by atoms with Crippen LogP contribution in [0.5, 0.6) is 0 Å². The summed E-state index contributed by atoms with van der Waals surface area (Å²) in [6.45, 7) is 0. The van der Waals surface area contributed by atoms with Gasteiger partial charge in [-0.3, -0.25) is 0 Å². The summed E-state index contributed by atoms with van der Waals surface area (Å²) in [4.78, 5) is 10.3. The minimum absolute atomic E-state index is 0.565. The highest BCUT2D eigenvalue weighted by molar-refractivity contribution is 6.35. The Morgan fingerprint density at radius 2 is 2.27 bits per heavy atom. The number of benzene rings is 1. The number of rotatable bonds is 3. The maximum Gasteiger partial charge on any atom is 0.120 e. The van der Waals surface area contributed by atoms with E-state index in [0.717, 1.165) is 34.2 Å². The van der Waals surface area contributed by atoms with Crippen molar-refractivity contribution >= 4 is 28.8 Å². The minimum atomic E-state index is 0.565. The van der Waals surface area contributed by atoms with E-state index in [0.29, 0.717) is 6.42 Å². The van der Waals surface area contributed by atoms with Gasteiger partial charge in [0, 0.05) is 30.6 Å². The Balaban J connectivity index is 2.45. The van der Waals surface area contributed by atoms with Gasteiger partial charge in [0.25, 0.3) is 0 Å². The van der Waals surface area contributed by atoms with Crippen LogP contribution < -0.4 is 0 Å². The normalized spacial score (nSPS) is 10.8. The maximum atomic E-state index is 10.3. The molecule has 2 aromatic rings. The smallest absolute Gasteiger partial charge is 0.120 e. The lowest BCUT2D eigenvalue weighted by Gasteiger charge is -2.00. The molecule has 0 aliphatic heterocycles. The molecule has 0 bridgehead atoms. The molecular formula is C12H12ClNO. The van der Waals surface area contributed by atoms with E-state index < -0.39 is 0 Å². The van der Waals surface area contributed by atoms with Gasteiger partial charge in [0.15, 0.2) is 0 Å². The Kier molecular flexibility index (Phi) is 2.78. The monoisotopic (exact) mass is 221 g/mol. The van der Waals surface area contributed by atoms with Crippen molar-refractivity contribution in [3.8, 4) is 0 Å². The fourth-order valence-corrected chi connectivity index (χ4v) is 2.07. The number of aldehydes is 1. The van der Waals surface area contributed by atoms with Crippen LogP contribution in [0.3, 0.4) is 0 Å². The third kappa shape index (κ3) is 1.90. The standard InChI is InChI=1S/C12H12ClNO/c1-14-8-11(13)10-7-9(3-2-6-15)4-5-12(10)14/h4-8H,2-3H2,1H3. The fourth-order valence-electron chi connectivity index (χ4n) is 1.77. The first-order chi connectivity index (χ1) is 7.22. The molecule has 0 spiro atoms. The van der Waals surface area contributed by atoms with E-state index in [1.54, 1.807) is 0 Å². The SMILES string of the molecule is Cn1cc(Cl)c2cc(CCC=O)ccc21. The second-order valence-corrected chi connectivity index (χ2v) is 4.05. The van der Waals surface area contributed by atoms with Crippen LogP contribution in [-0.2, 0) is 18.3 Å². The molecule has 1 aromatic heterocycles. The number of aryl methyl sites for hydroxylation is 2. The van der Waals surface area contributed by atoms with Crippen LogP contribution >= 0.6 is 11.6 Å². The van der Waals surface area contributed by atoms with Crippen LogP contribution in [-0.4, -0.2) is 10.9 Å². The van der Waals surface area contributed by atoms with Crippen molar-refractivity contribution in [3.05, 3.63) is 35.0 Å². The quantitative estimate of drug-likeness (QED) is 0.731. The zero-order valence-corrected chi connectivity index (χ0v) is 9.29. The van der Waals surface area contributed by atoms with E-state index in [1.807, 2.05) is 29.9 Å². The minimum Gasteiger partial charge on any atom is -0.349 e. The fraction of sp³-hybridized carbons (Fsp3) is 0.250. The summed E-state index contributed by atoms with van der Waals surface area (Å²) in [5, 5.41) is 1.82. The number of hydrogen-bond acceptors (Lipinski definition) is 1. The van der Waals surface area contributed by atoms with E-state index in [-0.39, 0.29) is 0 Å². The zero-order valence-electron chi connectivity index (χ0n) is 8.53. The first kappa shape index (κ1) is 10.2. The molecule has 0 saturated heterocycles. The highest BCUT2D eigenvalue weighted by Crippen LogP contribution is 2.26. The summed E-state index contributed by atoms with van der Waals surface area (Å²) in [5.41, 5.74) is 2.28. The van der Waals surface area contributed by atoms with Gasteiger partial charge < -0.3 is 9.36 Å². The van der Waals surface area contributed by atoms with Crippen LogP contribution in [0.2, 0.25) is 5.02 Å². The molecule has 0 amide bonds. The number of hydrogen-bond donors (Lipinski definition) is 0. The van der Waals surface area contributed by atoms with E-state index in [1.165, 1.54) is 0 Å². The highest BCUT2D eigenvalue weighted by Gasteiger charge is 2.04. The van der Waals surface area contributed by atoms with Crippen LogP contribution in [0.25, 0.3) is 10.9 Å². The van der Waals surface area contributed by atoms with Crippen molar-refractivity contribution in [1.82, 2.24) is 4.57 Å². The van der Waals surface area contributed by atoms with E-state index in [9.17, 15) is 4.79 Å². The van der Waals surface area contributed by atoms with Crippen LogP contribution in [0.15, 0.2) is 24.4 Å². The predicted octanol–water partition coefficient (Wildman–Crippen LogP) is 2.96. The van der Waals surface area contributed by atoms with E-state index >= 15 is 0 Å². The van der Waals surface area contributed by atoms with Gasteiger partial charge in [-0.25, -0.2) is 0 Å². The highest BCUT2D eigenvalue weighted by atomic mass is 35.5. The van der Waals surface area contributed by atoms with Crippen LogP contribution in [0.1, 0.15) is 12.0 Å². The second kappa shape index (κ2) is 4.07. The first-order valence-corrected chi connectivity index (χ1v) is 5.27. The average molecular weight is 222 g/mol. The van der Waals surface area contributed by atoms with Gasteiger partial charge in [-0.2, -0.15) is 0 Å². The number of fused-ring (bicyclic) bond motifs is 1.